The van der Waals surface area contributed by atoms with Gasteiger partial charge in [0.1, 0.15) is 0 Å². The van der Waals surface area contributed by atoms with Crippen LogP contribution in [-0.4, -0.2) is 19.1 Å². The molecule has 0 aliphatic heterocycles. The number of nitrogens with zero attached hydrogens (tertiary/aromatic N) is 1. The molecule has 1 N–H and O–H groups in total. The molecule has 5 heteroatoms. The largest absolute Gasteiger partial charge is 0.465 e. The van der Waals surface area contributed by atoms with Crippen LogP contribution in [0.2, 0.25) is 5.02 Å². The Bertz CT molecular complexity index is 441. The van der Waals surface area contributed by atoms with Crippen LogP contribution in [0, 0.1) is 11.3 Å². The normalized spacial score (nSPS) is 9.71. The third-order valence-corrected chi connectivity index (χ3v) is 2.42. The van der Waals surface area contributed by atoms with E-state index in [4.69, 9.17) is 21.6 Å². The summed E-state index contributed by atoms with van der Waals surface area (Å²) in [4.78, 5) is 11.1. The second-order valence-corrected chi connectivity index (χ2v) is 3.73. The molecule has 0 aliphatic rings. The van der Waals surface area contributed by atoms with Crippen LogP contribution < -0.4 is 5.32 Å². The smallest absolute Gasteiger partial charge is 0.319 e. The number of nitrogens with one attached hydrogen (secondary N) is 1. The van der Waals surface area contributed by atoms with E-state index in [9.17, 15) is 4.79 Å². The van der Waals surface area contributed by atoms with Crippen LogP contribution in [0.25, 0.3) is 0 Å². The van der Waals surface area contributed by atoms with Crippen molar-refractivity contribution in [3.63, 3.8) is 0 Å². The van der Waals surface area contributed by atoms with Crippen molar-refractivity contribution in [3.8, 4) is 6.07 Å². The number of halogens is 1. The number of carbonyl (C=O) groups is 1. The number of rotatable bonds is 5. The zero-order chi connectivity index (χ0) is 12.7. The van der Waals surface area contributed by atoms with Crippen LogP contribution in [0.5, 0.6) is 0 Å². The van der Waals surface area contributed by atoms with Crippen molar-refractivity contribution < 1.29 is 9.53 Å². The zero-order valence-electron chi connectivity index (χ0n) is 9.50. The summed E-state index contributed by atoms with van der Waals surface area (Å²) >= 11 is 5.98. The quantitative estimate of drug-likeness (QED) is 0.813. The summed E-state index contributed by atoms with van der Waals surface area (Å²) in [7, 11) is 0. The van der Waals surface area contributed by atoms with E-state index in [0.717, 1.165) is 5.56 Å². The standard InChI is InChI=1S/C12H13ClN2O2/c1-2-17-12(16)8-15-7-10-4-3-9(6-14)5-11(10)13/h3-5,15H,2,7-8H2,1H3. The van der Waals surface area contributed by atoms with Crippen LogP contribution in [0.1, 0.15) is 18.1 Å². The highest BCUT2D eigenvalue weighted by atomic mass is 35.5. The first kappa shape index (κ1) is 13.5. The van der Waals surface area contributed by atoms with Crippen LogP contribution >= 0.6 is 11.6 Å². The second kappa shape index (κ2) is 6.89. The summed E-state index contributed by atoms with van der Waals surface area (Å²) in [5.41, 5.74) is 1.36. The van der Waals surface area contributed by atoms with E-state index >= 15 is 0 Å². The average molecular weight is 253 g/mol. The molecule has 0 radical (unpaired) electrons. The minimum absolute atomic E-state index is 0.143. The van der Waals surface area contributed by atoms with Crippen molar-refractivity contribution in [1.29, 1.82) is 5.26 Å². The molecule has 0 atom stereocenters. The maximum absolute atomic E-state index is 11.1. The number of hydrogen-bond donors (Lipinski definition) is 1. The van der Waals surface area contributed by atoms with Crippen LogP contribution in [0.15, 0.2) is 18.2 Å². The molecule has 0 amide bonds. The fraction of sp³-hybridized carbons (Fsp3) is 0.333. The van der Waals surface area contributed by atoms with E-state index in [2.05, 4.69) is 5.32 Å². The van der Waals surface area contributed by atoms with Gasteiger partial charge in [0.05, 0.1) is 24.8 Å². The Morgan fingerprint density at radius 1 is 1.59 bits per heavy atom. The lowest BCUT2D eigenvalue weighted by Crippen LogP contribution is -2.24. The second-order valence-electron chi connectivity index (χ2n) is 3.33. The van der Waals surface area contributed by atoms with E-state index < -0.39 is 0 Å². The molecule has 17 heavy (non-hydrogen) atoms. The molecule has 0 saturated heterocycles. The van der Waals surface area contributed by atoms with Gasteiger partial charge in [-0.1, -0.05) is 17.7 Å². The lowest BCUT2D eigenvalue weighted by atomic mass is 10.1. The Labute approximate surface area is 105 Å². The first-order valence-corrected chi connectivity index (χ1v) is 5.60. The molecular formula is C12H13ClN2O2. The number of ether oxygens (including phenoxy) is 1. The molecular weight excluding hydrogens is 240 g/mol. The van der Waals surface area contributed by atoms with E-state index in [1.807, 2.05) is 6.07 Å². The maximum Gasteiger partial charge on any atom is 0.319 e. The van der Waals surface area contributed by atoms with Gasteiger partial charge in [-0.15, -0.1) is 0 Å². The van der Waals surface area contributed by atoms with E-state index in [0.29, 0.717) is 23.7 Å². The molecule has 0 heterocycles. The van der Waals surface area contributed by atoms with E-state index in [-0.39, 0.29) is 12.5 Å². The zero-order valence-corrected chi connectivity index (χ0v) is 10.3. The fourth-order valence-electron chi connectivity index (χ4n) is 1.27. The first-order valence-electron chi connectivity index (χ1n) is 5.22. The van der Waals surface area contributed by atoms with Gasteiger partial charge in [-0.25, -0.2) is 0 Å². The van der Waals surface area contributed by atoms with Gasteiger partial charge in [-0.3, -0.25) is 4.79 Å². The summed E-state index contributed by atoms with van der Waals surface area (Å²) in [6.07, 6.45) is 0. The van der Waals surface area contributed by atoms with Crippen molar-refractivity contribution in [2.45, 2.75) is 13.5 Å². The predicted molar refractivity (Wildman–Crippen MR) is 64.5 cm³/mol. The lowest BCUT2D eigenvalue weighted by molar-refractivity contribution is -0.142. The van der Waals surface area contributed by atoms with Crippen molar-refractivity contribution in [2.75, 3.05) is 13.2 Å². The highest BCUT2D eigenvalue weighted by Crippen LogP contribution is 2.17. The van der Waals surface area contributed by atoms with Gasteiger partial charge in [0, 0.05) is 11.6 Å². The third-order valence-electron chi connectivity index (χ3n) is 2.07. The molecule has 1 aromatic carbocycles. The summed E-state index contributed by atoms with van der Waals surface area (Å²) in [6.45, 7) is 2.74. The Kier molecular flexibility index (Phi) is 5.47. The summed E-state index contributed by atoms with van der Waals surface area (Å²) in [6, 6.07) is 7.06. The SMILES string of the molecule is CCOC(=O)CNCc1ccc(C#N)cc1Cl. The third kappa shape index (κ3) is 4.43. The molecule has 0 fully saturated rings. The molecule has 0 spiro atoms. The van der Waals surface area contributed by atoms with Gasteiger partial charge in [0.25, 0.3) is 0 Å². The minimum atomic E-state index is -0.294. The molecule has 0 unspecified atom stereocenters. The van der Waals surface area contributed by atoms with Gasteiger partial charge < -0.3 is 10.1 Å². The summed E-state index contributed by atoms with van der Waals surface area (Å²) in [5, 5.41) is 12.1. The number of esters is 1. The lowest BCUT2D eigenvalue weighted by Gasteiger charge is -2.06. The predicted octanol–water partition coefficient (Wildman–Crippen LogP) is 1.86. The molecule has 0 aliphatic carbocycles. The topological polar surface area (TPSA) is 62.1 Å². The molecule has 1 aromatic rings. The number of carbonyl (C=O) groups excluding carboxylic acids is 1. The van der Waals surface area contributed by atoms with Crippen LogP contribution in [0.4, 0.5) is 0 Å². The molecule has 0 saturated carbocycles. The van der Waals surface area contributed by atoms with Gasteiger partial charge >= 0.3 is 5.97 Å². The first-order chi connectivity index (χ1) is 8.17. The van der Waals surface area contributed by atoms with Gasteiger partial charge in [0.15, 0.2) is 0 Å². The Morgan fingerprint density at radius 3 is 2.94 bits per heavy atom. The Balaban J connectivity index is 2.47. The number of nitriles is 1. The Morgan fingerprint density at radius 2 is 2.35 bits per heavy atom. The molecule has 90 valence electrons. The van der Waals surface area contributed by atoms with E-state index in [1.165, 1.54) is 0 Å². The highest BCUT2D eigenvalue weighted by molar-refractivity contribution is 6.31. The van der Waals surface area contributed by atoms with Gasteiger partial charge in [-0.05, 0) is 24.6 Å². The van der Waals surface area contributed by atoms with Gasteiger partial charge in [-0.2, -0.15) is 5.26 Å². The average Bonchev–Trinajstić information content (AvgIpc) is 2.31. The summed E-state index contributed by atoms with van der Waals surface area (Å²) < 4.78 is 4.77. The monoisotopic (exact) mass is 252 g/mol. The van der Waals surface area contributed by atoms with Crippen molar-refractivity contribution in [3.05, 3.63) is 34.3 Å². The Hall–Kier alpha value is -1.57. The highest BCUT2D eigenvalue weighted by Gasteiger charge is 2.04. The van der Waals surface area contributed by atoms with Crippen LogP contribution in [0.3, 0.4) is 0 Å². The number of hydrogen-bond acceptors (Lipinski definition) is 4. The molecule has 0 aromatic heterocycles. The van der Waals surface area contributed by atoms with Crippen molar-refractivity contribution in [1.82, 2.24) is 5.32 Å². The summed E-state index contributed by atoms with van der Waals surface area (Å²) in [5.74, 6) is -0.294. The molecule has 1 rings (SSSR count). The van der Waals surface area contributed by atoms with Crippen molar-refractivity contribution in [2.24, 2.45) is 0 Å². The van der Waals surface area contributed by atoms with Crippen LogP contribution in [-0.2, 0) is 16.1 Å². The van der Waals surface area contributed by atoms with E-state index in [1.54, 1.807) is 25.1 Å². The van der Waals surface area contributed by atoms with Crippen molar-refractivity contribution >= 4 is 17.6 Å². The maximum atomic E-state index is 11.1. The number of benzene rings is 1. The fourth-order valence-corrected chi connectivity index (χ4v) is 1.52. The molecule has 0 bridgehead atoms. The van der Waals surface area contributed by atoms with Gasteiger partial charge in [0.2, 0.25) is 0 Å². The molecule has 4 nitrogen and oxygen atoms in total. The minimum Gasteiger partial charge on any atom is -0.465 e.